The summed E-state index contributed by atoms with van der Waals surface area (Å²) in [7, 11) is 1.58. The SMILES string of the molecule is COc1cccc(C(=O)COc2ccc(C)cc2)c1. The number of benzene rings is 2. The Balaban J connectivity index is 1.99. The summed E-state index contributed by atoms with van der Waals surface area (Å²) < 4.78 is 10.5. The van der Waals surface area contributed by atoms with Gasteiger partial charge in [0.25, 0.3) is 0 Å². The van der Waals surface area contributed by atoms with E-state index in [4.69, 9.17) is 9.47 Å². The minimum absolute atomic E-state index is 0.0240. The number of rotatable bonds is 5. The fourth-order valence-electron chi connectivity index (χ4n) is 1.66. The average Bonchev–Trinajstić information content (AvgIpc) is 2.46. The summed E-state index contributed by atoms with van der Waals surface area (Å²) in [6.07, 6.45) is 0. The van der Waals surface area contributed by atoms with E-state index in [-0.39, 0.29) is 12.4 Å². The Kier molecular flexibility index (Phi) is 4.18. The van der Waals surface area contributed by atoms with Crippen LogP contribution in [-0.2, 0) is 0 Å². The monoisotopic (exact) mass is 256 g/mol. The van der Waals surface area contributed by atoms with Crippen molar-refractivity contribution in [1.29, 1.82) is 0 Å². The smallest absolute Gasteiger partial charge is 0.200 e. The van der Waals surface area contributed by atoms with E-state index in [1.165, 1.54) is 0 Å². The topological polar surface area (TPSA) is 35.5 Å². The molecule has 0 radical (unpaired) electrons. The Hall–Kier alpha value is -2.29. The highest BCUT2D eigenvalue weighted by atomic mass is 16.5. The molecule has 0 aliphatic rings. The van der Waals surface area contributed by atoms with Crippen LogP contribution < -0.4 is 9.47 Å². The lowest BCUT2D eigenvalue weighted by Gasteiger charge is -2.07. The molecular formula is C16H16O3. The highest BCUT2D eigenvalue weighted by molar-refractivity contribution is 5.97. The predicted molar refractivity (Wildman–Crippen MR) is 74.0 cm³/mol. The van der Waals surface area contributed by atoms with E-state index in [0.717, 1.165) is 5.56 Å². The van der Waals surface area contributed by atoms with Crippen LogP contribution in [0.4, 0.5) is 0 Å². The van der Waals surface area contributed by atoms with E-state index in [2.05, 4.69) is 0 Å². The molecule has 0 aromatic heterocycles. The van der Waals surface area contributed by atoms with E-state index < -0.39 is 0 Å². The third kappa shape index (κ3) is 3.58. The van der Waals surface area contributed by atoms with Gasteiger partial charge in [-0.2, -0.15) is 0 Å². The highest BCUT2D eigenvalue weighted by Crippen LogP contribution is 2.15. The molecule has 0 fully saturated rings. The maximum absolute atomic E-state index is 12.0. The van der Waals surface area contributed by atoms with Gasteiger partial charge in [0.15, 0.2) is 12.4 Å². The molecule has 2 rings (SSSR count). The normalized spacial score (nSPS) is 10.0. The quantitative estimate of drug-likeness (QED) is 0.770. The van der Waals surface area contributed by atoms with Gasteiger partial charge in [0, 0.05) is 5.56 Å². The molecular weight excluding hydrogens is 240 g/mol. The largest absolute Gasteiger partial charge is 0.497 e. The van der Waals surface area contributed by atoms with E-state index >= 15 is 0 Å². The first-order chi connectivity index (χ1) is 9.19. The minimum atomic E-state index is -0.0699. The first kappa shape index (κ1) is 13.1. The molecule has 0 heterocycles. The molecule has 0 aliphatic carbocycles. The Labute approximate surface area is 112 Å². The molecule has 3 heteroatoms. The second-order valence-electron chi connectivity index (χ2n) is 4.26. The van der Waals surface area contributed by atoms with E-state index in [1.54, 1.807) is 31.4 Å². The zero-order valence-electron chi connectivity index (χ0n) is 11.1. The lowest BCUT2D eigenvalue weighted by molar-refractivity contribution is 0.0921. The summed E-state index contributed by atoms with van der Waals surface area (Å²) in [4.78, 5) is 12.0. The van der Waals surface area contributed by atoms with Gasteiger partial charge in [-0.25, -0.2) is 0 Å². The number of Topliss-reactive ketones (excluding diaryl/α,β-unsaturated/α-hetero) is 1. The zero-order chi connectivity index (χ0) is 13.7. The zero-order valence-corrected chi connectivity index (χ0v) is 11.1. The maximum atomic E-state index is 12.0. The molecule has 0 atom stereocenters. The number of ether oxygens (including phenoxy) is 2. The first-order valence-corrected chi connectivity index (χ1v) is 6.06. The third-order valence-electron chi connectivity index (χ3n) is 2.78. The van der Waals surface area contributed by atoms with Crippen LogP contribution in [0.15, 0.2) is 48.5 Å². The highest BCUT2D eigenvalue weighted by Gasteiger charge is 2.07. The van der Waals surface area contributed by atoms with Gasteiger partial charge in [-0.05, 0) is 31.2 Å². The molecule has 0 spiro atoms. The Morgan fingerprint density at radius 2 is 1.79 bits per heavy atom. The van der Waals surface area contributed by atoms with Crippen LogP contribution in [0.2, 0.25) is 0 Å². The lowest BCUT2D eigenvalue weighted by Crippen LogP contribution is -2.11. The van der Waals surface area contributed by atoms with Crippen LogP contribution in [0.1, 0.15) is 15.9 Å². The van der Waals surface area contributed by atoms with Crippen molar-refractivity contribution in [3.05, 3.63) is 59.7 Å². The fraction of sp³-hybridized carbons (Fsp3) is 0.188. The van der Waals surface area contributed by atoms with Crippen molar-refractivity contribution in [2.24, 2.45) is 0 Å². The standard InChI is InChI=1S/C16H16O3/c1-12-6-8-14(9-7-12)19-11-16(17)13-4-3-5-15(10-13)18-2/h3-10H,11H2,1-2H3. The fourth-order valence-corrected chi connectivity index (χ4v) is 1.66. The molecule has 0 bridgehead atoms. The molecule has 0 aliphatic heterocycles. The van der Waals surface area contributed by atoms with Gasteiger partial charge in [-0.3, -0.25) is 4.79 Å². The molecule has 2 aromatic rings. The van der Waals surface area contributed by atoms with Gasteiger partial charge in [-0.15, -0.1) is 0 Å². The molecule has 0 amide bonds. The van der Waals surface area contributed by atoms with Crippen molar-refractivity contribution in [3.63, 3.8) is 0 Å². The van der Waals surface area contributed by atoms with E-state index in [9.17, 15) is 4.79 Å². The minimum Gasteiger partial charge on any atom is -0.497 e. The van der Waals surface area contributed by atoms with Gasteiger partial charge >= 0.3 is 0 Å². The Bertz CT molecular complexity index is 558. The molecule has 2 aromatic carbocycles. The number of methoxy groups -OCH3 is 1. The number of hydrogen-bond acceptors (Lipinski definition) is 3. The van der Waals surface area contributed by atoms with Crippen molar-refractivity contribution in [1.82, 2.24) is 0 Å². The van der Waals surface area contributed by atoms with Crippen LogP contribution in [0.5, 0.6) is 11.5 Å². The van der Waals surface area contributed by atoms with Gasteiger partial charge in [-0.1, -0.05) is 29.8 Å². The molecule has 0 saturated heterocycles. The first-order valence-electron chi connectivity index (χ1n) is 6.06. The number of carbonyl (C=O) groups is 1. The van der Waals surface area contributed by atoms with Crippen molar-refractivity contribution >= 4 is 5.78 Å². The van der Waals surface area contributed by atoms with Gasteiger partial charge in [0.05, 0.1) is 7.11 Å². The van der Waals surface area contributed by atoms with E-state index in [1.807, 2.05) is 31.2 Å². The number of ketones is 1. The molecule has 3 nitrogen and oxygen atoms in total. The number of aryl methyl sites for hydroxylation is 1. The van der Waals surface area contributed by atoms with Gasteiger partial charge < -0.3 is 9.47 Å². The molecule has 0 N–H and O–H groups in total. The van der Waals surface area contributed by atoms with Crippen LogP contribution in [0.25, 0.3) is 0 Å². The van der Waals surface area contributed by atoms with Crippen LogP contribution in [0, 0.1) is 6.92 Å². The second-order valence-corrected chi connectivity index (χ2v) is 4.26. The molecule has 19 heavy (non-hydrogen) atoms. The third-order valence-corrected chi connectivity index (χ3v) is 2.78. The summed E-state index contributed by atoms with van der Waals surface area (Å²) in [5.74, 6) is 1.29. The lowest BCUT2D eigenvalue weighted by atomic mass is 10.1. The summed E-state index contributed by atoms with van der Waals surface area (Å²) >= 11 is 0. The van der Waals surface area contributed by atoms with E-state index in [0.29, 0.717) is 17.1 Å². The van der Waals surface area contributed by atoms with Crippen molar-refractivity contribution in [3.8, 4) is 11.5 Å². The average molecular weight is 256 g/mol. The molecule has 0 saturated carbocycles. The Morgan fingerprint density at radius 3 is 2.47 bits per heavy atom. The molecule has 0 unspecified atom stereocenters. The second kappa shape index (κ2) is 6.05. The van der Waals surface area contributed by atoms with Gasteiger partial charge in [0.1, 0.15) is 11.5 Å². The maximum Gasteiger partial charge on any atom is 0.200 e. The summed E-state index contributed by atoms with van der Waals surface area (Å²) in [6.45, 7) is 2.03. The summed E-state index contributed by atoms with van der Waals surface area (Å²) in [6, 6.07) is 14.7. The van der Waals surface area contributed by atoms with Gasteiger partial charge in [0.2, 0.25) is 0 Å². The van der Waals surface area contributed by atoms with Crippen molar-refractivity contribution in [2.45, 2.75) is 6.92 Å². The summed E-state index contributed by atoms with van der Waals surface area (Å²) in [5, 5.41) is 0. The Morgan fingerprint density at radius 1 is 1.05 bits per heavy atom. The van der Waals surface area contributed by atoms with Crippen LogP contribution in [-0.4, -0.2) is 19.5 Å². The van der Waals surface area contributed by atoms with Crippen LogP contribution >= 0.6 is 0 Å². The summed E-state index contributed by atoms with van der Waals surface area (Å²) in [5.41, 5.74) is 1.75. The number of hydrogen-bond donors (Lipinski definition) is 0. The van der Waals surface area contributed by atoms with Crippen molar-refractivity contribution < 1.29 is 14.3 Å². The van der Waals surface area contributed by atoms with Crippen LogP contribution in [0.3, 0.4) is 0 Å². The predicted octanol–water partition coefficient (Wildman–Crippen LogP) is 3.27. The van der Waals surface area contributed by atoms with Crippen molar-refractivity contribution in [2.75, 3.05) is 13.7 Å². The molecule has 98 valence electrons. The number of carbonyl (C=O) groups excluding carboxylic acids is 1.